The molecule has 0 spiro atoms. The van der Waals surface area contributed by atoms with E-state index in [2.05, 4.69) is 24.1 Å². The number of nitrogens with one attached hydrogen (secondary N) is 1. The molecule has 1 aliphatic rings. The van der Waals surface area contributed by atoms with E-state index in [0.717, 1.165) is 34.3 Å². The standard InChI is InChI=1S/C22H28N2O3S/c1-14-7-6-10-18(16(14)3)23-20(25)12-27-22(26)13-28-21-11-15(2)17-8-4-5-9-19(17)24-21/h4-5,8-9,11,14,16,18H,6-7,10,12-13H2,1-3H3,(H,23,25)/t14-,16+,18+/m1/s1. The van der Waals surface area contributed by atoms with Gasteiger partial charge in [0.2, 0.25) is 0 Å². The highest BCUT2D eigenvalue weighted by Crippen LogP contribution is 2.29. The second-order valence-electron chi connectivity index (χ2n) is 7.69. The predicted octanol–water partition coefficient (Wildman–Crippen LogP) is 4.12. The zero-order valence-electron chi connectivity index (χ0n) is 16.7. The van der Waals surface area contributed by atoms with E-state index in [-0.39, 0.29) is 24.3 Å². The Hall–Kier alpha value is -2.08. The third-order valence-corrected chi connectivity index (χ3v) is 6.54. The Labute approximate surface area is 170 Å². The molecule has 1 fully saturated rings. The molecule has 1 aliphatic carbocycles. The highest BCUT2D eigenvalue weighted by Gasteiger charge is 2.28. The van der Waals surface area contributed by atoms with E-state index in [4.69, 9.17) is 4.74 Å². The molecule has 1 N–H and O–H groups in total. The van der Waals surface area contributed by atoms with E-state index in [1.54, 1.807) is 0 Å². The van der Waals surface area contributed by atoms with Gasteiger partial charge in [0.25, 0.3) is 5.91 Å². The first-order chi connectivity index (χ1) is 13.4. The van der Waals surface area contributed by atoms with Crippen LogP contribution in [0.25, 0.3) is 10.9 Å². The maximum atomic E-state index is 12.1. The summed E-state index contributed by atoms with van der Waals surface area (Å²) in [5.74, 6) is 0.568. The van der Waals surface area contributed by atoms with Gasteiger partial charge in [0.05, 0.1) is 16.3 Å². The molecule has 1 aromatic heterocycles. The summed E-state index contributed by atoms with van der Waals surface area (Å²) < 4.78 is 5.15. The number of carbonyl (C=O) groups excluding carboxylic acids is 2. The van der Waals surface area contributed by atoms with Crippen molar-refractivity contribution in [1.82, 2.24) is 10.3 Å². The molecular weight excluding hydrogens is 372 g/mol. The SMILES string of the molecule is Cc1cc(SCC(=O)OCC(=O)N[C@H]2CCC[C@@H](C)[C@@H]2C)nc2ccccc12. The van der Waals surface area contributed by atoms with Gasteiger partial charge in [0.1, 0.15) is 0 Å². The molecule has 5 nitrogen and oxygen atoms in total. The van der Waals surface area contributed by atoms with Gasteiger partial charge in [0.15, 0.2) is 6.61 Å². The number of amides is 1. The Morgan fingerprint density at radius 3 is 2.86 bits per heavy atom. The minimum absolute atomic E-state index is 0.134. The van der Waals surface area contributed by atoms with Crippen molar-refractivity contribution < 1.29 is 14.3 Å². The van der Waals surface area contributed by atoms with Gasteiger partial charge in [-0.3, -0.25) is 9.59 Å². The zero-order valence-corrected chi connectivity index (χ0v) is 17.6. The van der Waals surface area contributed by atoms with Crippen molar-refractivity contribution in [3.8, 4) is 0 Å². The number of esters is 1. The number of rotatable bonds is 6. The van der Waals surface area contributed by atoms with Crippen LogP contribution in [0.15, 0.2) is 35.4 Å². The number of hydrogen-bond donors (Lipinski definition) is 1. The van der Waals surface area contributed by atoms with Crippen LogP contribution in [0.2, 0.25) is 0 Å². The molecule has 2 aromatic rings. The molecule has 150 valence electrons. The van der Waals surface area contributed by atoms with E-state index in [9.17, 15) is 9.59 Å². The predicted molar refractivity (Wildman–Crippen MR) is 112 cm³/mol. The minimum Gasteiger partial charge on any atom is -0.455 e. The number of nitrogens with zero attached hydrogens (tertiary/aromatic N) is 1. The number of para-hydroxylation sites is 1. The maximum absolute atomic E-state index is 12.1. The molecule has 1 aromatic carbocycles. The average Bonchev–Trinajstić information content (AvgIpc) is 2.68. The third-order valence-electron chi connectivity index (χ3n) is 5.65. The summed E-state index contributed by atoms with van der Waals surface area (Å²) in [5.41, 5.74) is 2.03. The van der Waals surface area contributed by atoms with Crippen LogP contribution in [0.4, 0.5) is 0 Å². The first-order valence-electron chi connectivity index (χ1n) is 9.88. The Balaban J connectivity index is 1.45. The van der Waals surface area contributed by atoms with E-state index in [0.29, 0.717) is 11.8 Å². The number of fused-ring (bicyclic) bond motifs is 1. The summed E-state index contributed by atoms with van der Waals surface area (Å²) in [5, 5.41) is 4.91. The normalized spacial score (nSPS) is 22.0. The van der Waals surface area contributed by atoms with Crippen molar-refractivity contribution in [3.63, 3.8) is 0 Å². The van der Waals surface area contributed by atoms with Gasteiger partial charge in [-0.25, -0.2) is 4.98 Å². The van der Waals surface area contributed by atoms with Crippen molar-refractivity contribution in [2.24, 2.45) is 11.8 Å². The Bertz CT molecular complexity index is 855. The number of ether oxygens (including phenoxy) is 1. The van der Waals surface area contributed by atoms with Crippen molar-refractivity contribution >= 4 is 34.5 Å². The summed E-state index contributed by atoms with van der Waals surface area (Å²) >= 11 is 1.33. The molecule has 3 rings (SSSR count). The number of aromatic nitrogens is 1. The number of benzene rings is 1. The van der Waals surface area contributed by atoms with Crippen LogP contribution in [0.3, 0.4) is 0 Å². The molecule has 28 heavy (non-hydrogen) atoms. The summed E-state index contributed by atoms with van der Waals surface area (Å²) in [6, 6.07) is 10.1. The second-order valence-corrected chi connectivity index (χ2v) is 8.68. The van der Waals surface area contributed by atoms with Crippen molar-refractivity contribution in [3.05, 3.63) is 35.9 Å². The van der Waals surface area contributed by atoms with Gasteiger partial charge in [0, 0.05) is 11.4 Å². The summed E-state index contributed by atoms with van der Waals surface area (Å²) in [6.07, 6.45) is 3.33. The molecule has 0 saturated heterocycles. The van der Waals surface area contributed by atoms with E-state index >= 15 is 0 Å². The van der Waals surface area contributed by atoms with Gasteiger partial charge < -0.3 is 10.1 Å². The number of carbonyl (C=O) groups is 2. The third kappa shape index (κ3) is 5.25. The zero-order chi connectivity index (χ0) is 20.1. The Morgan fingerprint density at radius 1 is 1.25 bits per heavy atom. The largest absolute Gasteiger partial charge is 0.455 e. The summed E-state index contributed by atoms with van der Waals surface area (Å²) in [4.78, 5) is 28.7. The molecule has 1 saturated carbocycles. The maximum Gasteiger partial charge on any atom is 0.316 e. The van der Waals surface area contributed by atoms with Crippen molar-refractivity contribution in [2.45, 2.75) is 51.1 Å². The molecular formula is C22H28N2O3S. The lowest BCUT2D eigenvalue weighted by Crippen LogP contribution is -2.45. The van der Waals surface area contributed by atoms with Crippen molar-refractivity contribution in [1.29, 1.82) is 0 Å². The highest BCUT2D eigenvalue weighted by atomic mass is 32.2. The van der Waals surface area contributed by atoms with Crippen LogP contribution in [0.5, 0.6) is 0 Å². The number of hydrogen-bond acceptors (Lipinski definition) is 5. The Kier molecular flexibility index (Phi) is 6.94. The van der Waals surface area contributed by atoms with Crippen LogP contribution in [0.1, 0.15) is 38.7 Å². The molecule has 6 heteroatoms. The van der Waals surface area contributed by atoms with E-state index < -0.39 is 5.97 Å². The number of aryl methyl sites for hydroxylation is 1. The summed E-state index contributed by atoms with van der Waals surface area (Å²) in [7, 11) is 0. The average molecular weight is 401 g/mol. The molecule has 0 aliphatic heterocycles. The molecule has 0 bridgehead atoms. The topological polar surface area (TPSA) is 68.3 Å². The van der Waals surface area contributed by atoms with E-state index in [1.165, 1.54) is 18.2 Å². The lowest BCUT2D eigenvalue weighted by atomic mass is 9.78. The van der Waals surface area contributed by atoms with Gasteiger partial charge >= 0.3 is 5.97 Å². The fourth-order valence-electron chi connectivity index (χ4n) is 3.75. The van der Waals surface area contributed by atoms with Crippen LogP contribution >= 0.6 is 11.8 Å². The Morgan fingerprint density at radius 2 is 2.04 bits per heavy atom. The van der Waals surface area contributed by atoms with Gasteiger partial charge in [-0.2, -0.15) is 0 Å². The highest BCUT2D eigenvalue weighted by molar-refractivity contribution is 7.99. The molecule has 0 radical (unpaired) electrons. The van der Waals surface area contributed by atoms with Crippen molar-refractivity contribution in [2.75, 3.05) is 12.4 Å². The minimum atomic E-state index is -0.405. The summed E-state index contributed by atoms with van der Waals surface area (Å²) in [6.45, 7) is 6.21. The number of thioether (sulfide) groups is 1. The van der Waals surface area contributed by atoms with Gasteiger partial charge in [-0.15, -0.1) is 0 Å². The number of pyridine rings is 1. The molecule has 0 unspecified atom stereocenters. The first-order valence-corrected chi connectivity index (χ1v) is 10.9. The second kappa shape index (κ2) is 9.41. The van der Waals surface area contributed by atoms with Crippen LogP contribution in [-0.4, -0.2) is 35.3 Å². The van der Waals surface area contributed by atoms with Crippen LogP contribution in [0, 0.1) is 18.8 Å². The van der Waals surface area contributed by atoms with Gasteiger partial charge in [-0.1, -0.05) is 56.7 Å². The fraction of sp³-hybridized carbons (Fsp3) is 0.500. The first kappa shape index (κ1) is 20.6. The van der Waals surface area contributed by atoms with Crippen LogP contribution < -0.4 is 5.32 Å². The monoisotopic (exact) mass is 400 g/mol. The molecule has 1 amide bonds. The smallest absolute Gasteiger partial charge is 0.316 e. The lowest BCUT2D eigenvalue weighted by molar-refractivity contribution is -0.146. The quantitative estimate of drug-likeness (QED) is 0.584. The molecule has 1 heterocycles. The fourth-order valence-corrected chi connectivity index (χ4v) is 4.52. The lowest BCUT2D eigenvalue weighted by Gasteiger charge is -2.34. The van der Waals surface area contributed by atoms with Crippen LogP contribution in [-0.2, 0) is 14.3 Å². The van der Waals surface area contributed by atoms with Gasteiger partial charge in [-0.05, 0) is 42.9 Å². The van der Waals surface area contributed by atoms with E-state index in [1.807, 2.05) is 37.3 Å². The molecule has 3 atom stereocenters.